The molecule has 0 bridgehead atoms. The van der Waals surface area contributed by atoms with Crippen molar-refractivity contribution in [3.8, 4) is 0 Å². The molecule has 0 unspecified atom stereocenters. The molecule has 2 amide bonds. The minimum absolute atomic E-state index is 0.118. The second-order valence-electron chi connectivity index (χ2n) is 7.22. The third-order valence-corrected chi connectivity index (χ3v) is 6.36. The van der Waals surface area contributed by atoms with E-state index in [9.17, 15) is 31.2 Å². The number of halogens is 4. The minimum Gasteiger partial charge on any atom is -0.357 e. The van der Waals surface area contributed by atoms with E-state index < -0.39 is 46.2 Å². The molecule has 0 saturated carbocycles. The van der Waals surface area contributed by atoms with Crippen LogP contribution in [-0.4, -0.2) is 51.0 Å². The normalized spacial score (nSPS) is 12.7. The predicted molar refractivity (Wildman–Crippen MR) is 119 cm³/mol. The fourth-order valence-corrected chi connectivity index (χ4v) is 4.09. The van der Waals surface area contributed by atoms with Crippen molar-refractivity contribution in [1.82, 2.24) is 10.2 Å². The number of likely N-dealkylation sites (N-methyl/N-ethyl adjacent to an activating group) is 1. The molecule has 180 valence electrons. The van der Waals surface area contributed by atoms with Gasteiger partial charge in [-0.15, -0.1) is 0 Å². The van der Waals surface area contributed by atoms with Crippen LogP contribution >= 0.6 is 11.6 Å². The van der Waals surface area contributed by atoms with Crippen LogP contribution in [0.25, 0.3) is 0 Å². The fraction of sp³-hybridized carbons (Fsp3) is 0.333. The Kier molecular flexibility index (Phi) is 8.36. The number of nitrogens with zero attached hydrogens (tertiary/aromatic N) is 2. The third kappa shape index (κ3) is 6.84. The van der Waals surface area contributed by atoms with E-state index in [-0.39, 0.29) is 12.2 Å². The molecule has 1 atom stereocenters. The van der Waals surface area contributed by atoms with Crippen LogP contribution in [0.1, 0.15) is 18.1 Å². The second kappa shape index (κ2) is 10.4. The highest BCUT2D eigenvalue weighted by atomic mass is 35.5. The first-order chi connectivity index (χ1) is 15.3. The molecular weight excluding hydrogens is 483 g/mol. The van der Waals surface area contributed by atoms with Crippen molar-refractivity contribution >= 4 is 39.1 Å². The van der Waals surface area contributed by atoms with Crippen molar-refractivity contribution in [3.05, 3.63) is 64.7 Å². The zero-order valence-corrected chi connectivity index (χ0v) is 19.6. The Balaban J connectivity index is 2.45. The van der Waals surface area contributed by atoms with E-state index in [0.717, 1.165) is 29.4 Å². The van der Waals surface area contributed by atoms with E-state index >= 15 is 0 Å². The smallest absolute Gasteiger partial charge is 0.357 e. The first-order valence-electron chi connectivity index (χ1n) is 9.65. The lowest BCUT2D eigenvalue weighted by atomic mass is 10.1. The van der Waals surface area contributed by atoms with Gasteiger partial charge in [-0.05, 0) is 36.8 Å². The Labute approximate surface area is 195 Å². The van der Waals surface area contributed by atoms with E-state index in [0.29, 0.717) is 21.0 Å². The maximum Gasteiger partial charge on any atom is 0.416 e. The summed E-state index contributed by atoms with van der Waals surface area (Å²) in [5.74, 6) is -1.31. The molecule has 2 rings (SSSR count). The molecule has 2 aromatic carbocycles. The summed E-state index contributed by atoms with van der Waals surface area (Å²) in [5.41, 5.74) is -0.882. The molecule has 0 aliphatic heterocycles. The number of carbonyl (C=O) groups is 2. The number of carbonyl (C=O) groups excluding carboxylic acids is 2. The molecule has 2 aromatic rings. The van der Waals surface area contributed by atoms with Gasteiger partial charge in [-0.1, -0.05) is 35.9 Å². The summed E-state index contributed by atoms with van der Waals surface area (Å²) in [5, 5.41) is 2.75. The van der Waals surface area contributed by atoms with Crippen LogP contribution in [-0.2, 0) is 32.3 Å². The van der Waals surface area contributed by atoms with Crippen molar-refractivity contribution in [1.29, 1.82) is 0 Å². The number of rotatable bonds is 8. The molecule has 0 aromatic heterocycles. The average Bonchev–Trinajstić information content (AvgIpc) is 2.74. The molecule has 0 heterocycles. The first kappa shape index (κ1) is 26.5. The van der Waals surface area contributed by atoms with Crippen LogP contribution in [0.3, 0.4) is 0 Å². The molecule has 0 saturated heterocycles. The van der Waals surface area contributed by atoms with Crippen molar-refractivity contribution in [2.24, 2.45) is 0 Å². The van der Waals surface area contributed by atoms with Gasteiger partial charge in [0.1, 0.15) is 12.6 Å². The number of amides is 2. The lowest BCUT2D eigenvalue weighted by molar-refractivity contribution is -0.139. The number of hydrogen-bond acceptors (Lipinski definition) is 4. The Bertz CT molecular complexity index is 1130. The highest BCUT2D eigenvalue weighted by Crippen LogP contribution is 2.32. The number of anilines is 1. The monoisotopic (exact) mass is 505 g/mol. The van der Waals surface area contributed by atoms with Crippen molar-refractivity contribution in [2.75, 3.05) is 24.2 Å². The number of hydrogen-bond donors (Lipinski definition) is 1. The van der Waals surface area contributed by atoms with Gasteiger partial charge in [-0.3, -0.25) is 13.9 Å². The first-order valence-corrected chi connectivity index (χ1v) is 11.9. The molecule has 0 fully saturated rings. The second-order valence-corrected chi connectivity index (χ2v) is 9.54. The highest BCUT2D eigenvalue weighted by Gasteiger charge is 2.33. The van der Waals surface area contributed by atoms with E-state index in [4.69, 9.17) is 11.6 Å². The van der Waals surface area contributed by atoms with Crippen LogP contribution in [0.15, 0.2) is 48.5 Å². The van der Waals surface area contributed by atoms with Gasteiger partial charge in [0.05, 0.1) is 17.5 Å². The molecular formula is C21H23ClF3N3O4S. The Morgan fingerprint density at radius 2 is 1.76 bits per heavy atom. The summed E-state index contributed by atoms with van der Waals surface area (Å²) in [6.07, 6.45) is -3.92. The maximum absolute atomic E-state index is 13.2. The fourth-order valence-electron chi connectivity index (χ4n) is 3.05. The largest absolute Gasteiger partial charge is 0.416 e. The Morgan fingerprint density at radius 3 is 2.30 bits per heavy atom. The van der Waals surface area contributed by atoms with Crippen LogP contribution in [0.2, 0.25) is 5.02 Å². The summed E-state index contributed by atoms with van der Waals surface area (Å²) >= 11 is 6.17. The number of alkyl halides is 3. The molecule has 12 heteroatoms. The summed E-state index contributed by atoms with van der Waals surface area (Å²) < 4.78 is 64.8. The quantitative estimate of drug-likeness (QED) is 0.596. The van der Waals surface area contributed by atoms with Crippen molar-refractivity contribution < 1.29 is 31.2 Å². The van der Waals surface area contributed by atoms with E-state index in [1.165, 1.54) is 14.0 Å². The van der Waals surface area contributed by atoms with Crippen molar-refractivity contribution in [2.45, 2.75) is 25.7 Å². The van der Waals surface area contributed by atoms with E-state index in [2.05, 4.69) is 5.32 Å². The number of sulfonamides is 1. The zero-order chi connectivity index (χ0) is 25.0. The van der Waals surface area contributed by atoms with Crippen LogP contribution in [0.5, 0.6) is 0 Å². The summed E-state index contributed by atoms with van der Waals surface area (Å²) in [4.78, 5) is 26.6. The summed E-state index contributed by atoms with van der Waals surface area (Å²) in [6.45, 7) is 0.516. The minimum atomic E-state index is -4.70. The van der Waals surface area contributed by atoms with Gasteiger partial charge in [-0.25, -0.2) is 8.42 Å². The number of nitrogens with one attached hydrogen (secondary N) is 1. The lowest BCUT2D eigenvalue weighted by Crippen LogP contribution is -2.50. The topological polar surface area (TPSA) is 86.8 Å². The van der Waals surface area contributed by atoms with E-state index in [1.807, 2.05) is 0 Å². The number of benzene rings is 2. The van der Waals surface area contributed by atoms with Crippen LogP contribution in [0.4, 0.5) is 18.9 Å². The SMILES string of the molecule is CNC(=O)[C@H](C)N(Cc1ccccc1Cl)C(=O)CN(c1cccc(C(F)(F)F)c1)S(C)(=O)=O. The Morgan fingerprint density at radius 1 is 1.12 bits per heavy atom. The molecule has 1 N–H and O–H groups in total. The van der Waals surface area contributed by atoms with Crippen LogP contribution < -0.4 is 9.62 Å². The highest BCUT2D eigenvalue weighted by molar-refractivity contribution is 7.92. The lowest BCUT2D eigenvalue weighted by Gasteiger charge is -2.31. The molecule has 33 heavy (non-hydrogen) atoms. The molecule has 0 aliphatic rings. The van der Waals surface area contributed by atoms with Gasteiger partial charge < -0.3 is 10.2 Å². The maximum atomic E-state index is 13.2. The Hall–Kier alpha value is -2.79. The summed E-state index contributed by atoms with van der Waals surface area (Å²) in [6, 6.07) is 9.23. The van der Waals surface area contributed by atoms with Gasteiger partial charge in [0.15, 0.2) is 0 Å². The van der Waals surface area contributed by atoms with Crippen LogP contribution in [0, 0.1) is 0 Å². The van der Waals surface area contributed by atoms with E-state index in [1.54, 1.807) is 24.3 Å². The standard InChI is InChI=1S/C21H23ClF3N3O4S/c1-14(20(30)26-2)27(12-15-7-4-5-10-18(15)22)19(29)13-28(33(3,31)32)17-9-6-8-16(11-17)21(23,24)25/h4-11,14H,12-13H2,1-3H3,(H,26,30)/t14-/m0/s1. The van der Waals surface area contributed by atoms with Gasteiger partial charge >= 0.3 is 6.18 Å². The van der Waals surface area contributed by atoms with Gasteiger partial charge in [0.2, 0.25) is 21.8 Å². The zero-order valence-electron chi connectivity index (χ0n) is 18.1. The van der Waals surface area contributed by atoms with Gasteiger partial charge in [0, 0.05) is 18.6 Å². The van der Waals surface area contributed by atoms with Crippen molar-refractivity contribution in [3.63, 3.8) is 0 Å². The van der Waals surface area contributed by atoms with Gasteiger partial charge in [-0.2, -0.15) is 13.2 Å². The summed E-state index contributed by atoms with van der Waals surface area (Å²) in [7, 11) is -2.77. The van der Waals surface area contributed by atoms with Gasteiger partial charge in [0.25, 0.3) is 0 Å². The predicted octanol–water partition coefficient (Wildman–Crippen LogP) is 3.29. The third-order valence-electron chi connectivity index (χ3n) is 4.85. The molecule has 7 nitrogen and oxygen atoms in total. The molecule has 0 spiro atoms. The average molecular weight is 506 g/mol. The molecule has 0 radical (unpaired) electrons. The molecule has 0 aliphatic carbocycles.